The van der Waals surface area contributed by atoms with Crippen LogP contribution in [0.2, 0.25) is 0 Å². The minimum atomic E-state index is -1.11. The second kappa shape index (κ2) is 7.85. The molecule has 0 aliphatic carbocycles. The minimum absolute atomic E-state index is 0.0242. The first-order valence-corrected chi connectivity index (χ1v) is 6.11. The van der Waals surface area contributed by atoms with Gasteiger partial charge >= 0.3 is 11.9 Å². The molecule has 0 spiro atoms. The Balaban J connectivity index is 2.57. The molecule has 0 radical (unpaired) electrons. The Morgan fingerprint density at radius 2 is 1.95 bits per heavy atom. The molecule has 5 N–H and O–H groups in total. The summed E-state index contributed by atoms with van der Waals surface area (Å²) in [7, 11) is 0. The van der Waals surface area contributed by atoms with E-state index < -0.39 is 30.5 Å². The largest absolute Gasteiger partial charge is 0.482 e. The fourth-order valence-corrected chi connectivity index (χ4v) is 1.45. The van der Waals surface area contributed by atoms with Gasteiger partial charge in [-0.2, -0.15) is 0 Å². The van der Waals surface area contributed by atoms with E-state index in [-0.39, 0.29) is 18.6 Å². The lowest BCUT2D eigenvalue weighted by Crippen LogP contribution is -2.36. The average molecular weight is 296 g/mol. The quantitative estimate of drug-likeness (QED) is 0.540. The van der Waals surface area contributed by atoms with Crippen LogP contribution in [-0.4, -0.2) is 40.7 Å². The van der Waals surface area contributed by atoms with Crippen molar-refractivity contribution >= 4 is 23.5 Å². The van der Waals surface area contributed by atoms with E-state index in [9.17, 15) is 14.4 Å². The Kier molecular flexibility index (Phi) is 6.15. The van der Waals surface area contributed by atoms with Crippen molar-refractivity contribution in [3.05, 3.63) is 24.3 Å². The molecule has 8 nitrogen and oxygen atoms in total. The van der Waals surface area contributed by atoms with Gasteiger partial charge in [0.2, 0.25) is 5.91 Å². The van der Waals surface area contributed by atoms with Crippen LogP contribution in [0.25, 0.3) is 0 Å². The third kappa shape index (κ3) is 6.39. The van der Waals surface area contributed by atoms with Crippen LogP contribution in [-0.2, 0) is 14.4 Å². The first kappa shape index (κ1) is 16.4. The van der Waals surface area contributed by atoms with Crippen molar-refractivity contribution in [1.29, 1.82) is 0 Å². The molecular weight excluding hydrogens is 280 g/mol. The molecule has 0 bridgehead atoms. The van der Waals surface area contributed by atoms with Crippen molar-refractivity contribution in [3.63, 3.8) is 0 Å². The standard InChI is InChI=1S/C13H16N2O6/c14-10(4-5-11(16)17)13(20)15-8-2-1-3-9(6-8)21-7-12(18)19/h1-3,6,10H,4-5,7,14H2,(H,15,20)(H,16,17)(H,18,19). The van der Waals surface area contributed by atoms with Crippen LogP contribution in [0.4, 0.5) is 5.69 Å². The first-order valence-electron chi connectivity index (χ1n) is 6.11. The number of rotatable bonds is 8. The van der Waals surface area contributed by atoms with Gasteiger partial charge in [0.25, 0.3) is 0 Å². The summed E-state index contributed by atoms with van der Waals surface area (Å²) in [6.45, 7) is -0.491. The van der Waals surface area contributed by atoms with E-state index in [4.69, 9.17) is 20.7 Å². The summed E-state index contributed by atoms with van der Waals surface area (Å²) < 4.78 is 4.97. The fraction of sp³-hybridized carbons (Fsp3) is 0.308. The van der Waals surface area contributed by atoms with E-state index in [1.54, 1.807) is 18.2 Å². The van der Waals surface area contributed by atoms with Crippen molar-refractivity contribution in [2.24, 2.45) is 5.73 Å². The van der Waals surface area contributed by atoms with Gasteiger partial charge in [-0.05, 0) is 18.6 Å². The Labute approximate surface area is 120 Å². The molecule has 114 valence electrons. The number of ether oxygens (including phenoxy) is 1. The number of hydrogen-bond donors (Lipinski definition) is 4. The first-order chi connectivity index (χ1) is 9.88. The van der Waals surface area contributed by atoms with Crippen molar-refractivity contribution in [3.8, 4) is 5.75 Å². The lowest BCUT2D eigenvalue weighted by molar-refractivity contribution is -0.139. The number of nitrogens with two attached hydrogens (primary N) is 1. The molecule has 1 aromatic carbocycles. The zero-order valence-corrected chi connectivity index (χ0v) is 11.1. The van der Waals surface area contributed by atoms with Gasteiger partial charge in [-0.15, -0.1) is 0 Å². The topological polar surface area (TPSA) is 139 Å². The maximum absolute atomic E-state index is 11.7. The highest BCUT2D eigenvalue weighted by atomic mass is 16.5. The number of carbonyl (C=O) groups excluding carboxylic acids is 1. The Hall–Kier alpha value is -2.61. The second-order valence-corrected chi connectivity index (χ2v) is 4.24. The fourth-order valence-electron chi connectivity index (χ4n) is 1.45. The molecule has 0 aromatic heterocycles. The third-order valence-electron chi connectivity index (χ3n) is 2.47. The Morgan fingerprint density at radius 1 is 1.24 bits per heavy atom. The molecule has 1 unspecified atom stereocenters. The zero-order valence-electron chi connectivity index (χ0n) is 11.1. The van der Waals surface area contributed by atoms with E-state index >= 15 is 0 Å². The highest BCUT2D eigenvalue weighted by Crippen LogP contribution is 2.17. The average Bonchev–Trinajstić information content (AvgIpc) is 2.42. The van der Waals surface area contributed by atoms with Crippen LogP contribution in [0.3, 0.4) is 0 Å². The number of amides is 1. The van der Waals surface area contributed by atoms with Crippen LogP contribution in [0.15, 0.2) is 24.3 Å². The number of anilines is 1. The van der Waals surface area contributed by atoms with Crippen molar-refractivity contribution in [2.75, 3.05) is 11.9 Å². The highest BCUT2D eigenvalue weighted by Gasteiger charge is 2.15. The van der Waals surface area contributed by atoms with E-state index in [0.29, 0.717) is 5.69 Å². The van der Waals surface area contributed by atoms with Gasteiger partial charge in [0.15, 0.2) is 6.61 Å². The van der Waals surface area contributed by atoms with E-state index in [1.165, 1.54) is 6.07 Å². The van der Waals surface area contributed by atoms with Gasteiger partial charge in [-0.25, -0.2) is 4.79 Å². The number of carboxylic acids is 2. The summed E-state index contributed by atoms with van der Waals surface area (Å²) in [5.74, 6) is -2.37. The monoisotopic (exact) mass is 296 g/mol. The normalized spacial score (nSPS) is 11.5. The van der Waals surface area contributed by atoms with Gasteiger partial charge < -0.3 is 26.0 Å². The summed E-state index contributed by atoms with van der Waals surface area (Å²) in [4.78, 5) is 32.5. The number of aliphatic carboxylic acids is 2. The lowest BCUT2D eigenvalue weighted by Gasteiger charge is -2.12. The summed E-state index contributed by atoms with van der Waals surface area (Å²) in [5.41, 5.74) is 5.95. The SMILES string of the molecule is NC(CCC(=O)O)C(=O)Nc1cccc(OCC(=O)O)c1. The molecule has 0 fully saturated rings. The Bertz CT molecular complexity index is 531. The molecule has 0 aliphatic rings. The number of hydrogen-bond acceptors (Lipinski definition) is 5. The van der Waals surface area contributed by atoms with Gasteiger partial charge in [-0.3, -0.25) is 9.59 Å². The summed E-state index contributed by atoms with van der Waals surface area (Å²) in [6.07, 6.45) is -0.174. The molecule has 0 aliphatic heterocycles. The third-order valence-corrected chi connectivity index (χ3v) is 2.47. The molecule has 0 saturated carbocycles. The van der Waals surface area contributed by atoms with Crippen molar-refractivity contribution in [1.82, 2.24) is 0 Å². The number of carbonyl (C=O) groups is 3. The highest BCUT2D eigenvalue weighted by molar-refractivity contribution is 5.95. The van der Waals surface area contributed by atoms with E-state index in [2.05, 4.69) is 5.32 Å². The molecule has 1 aromatic rings. The maximum Gasteiger partial charge on any atom is 0.341 e. The number of carboxylic acid groups (broad SMARTS) is 2. The predicted octanol–water partition coefficient (Wildman–Crippen LogP) is 0.281. The summed E-state index contributed by atoms with van der Waals surface area (Å²) in [6, 6.07) is 5.21. The Morgan fingerprint density at radius 3 is 2.57 bits per heavy atom. The molecule has 0 saturated heterocycles. The smallest absolute Gasteiger partial charge is 0.341 e. The van der Waals surface area contributed by atoms with Crippen molar-refractivity contribution < 1.29 is 29.3 Å². The second-order valence-electron chi connectivity index (χ2n) is 4.24. The minimum Gasteiger partial charge on any atom is -0.482 e. The molecule has 21 heavy (non-hydrogen) atoms. The van der Waals surface area contributed by atoms with Crippen LogP contribution in [0.5, 0.6) is 5.75 Å². The maximum atomic E-state index is 11.7. The number of benzene rings is 1. The molecule has 0 heterocycles. The van der Waals surface area contributed by atoms with Crippen molar-refractivity contribution in [2.45, 2.75) is 18.9 Å². The zero-order chi connectivity index (χ0) is 15.8. The van der Waals surface area contributed by atoms with Crippen LogP contribution < -0.4 is 15.8 Å². The summed E-state index contributed by atoms with van der Waals surface area (Å²) >= 11 is 0. The molecule has 1 atom stereocenters. The number of nitrogens with one attached hydrogen (secondary N) is 1. The van der Waals surface area contributed by atoms with Gasteiger partial charge in [0.05, 0.1) is 6.04 Å². The molecule has 1 rings (SSSR count). The molecule has 8 heteroatoms. The van der Waals surface area contributed by atoms with E-state index in [1.807, 2.05) is 0 Å². The van der Waals surface area contributed by atoms with Crippen LogP contribution >= 0.6 is 0 Å². The molecular formula is C13H16N2O6. The van der Waals surface area contributed by atoms with E-state index in [0.717, 1.165) is 0 Å². The summed E-state index contributed by atoms with van der Waals surface area (Å²) in [5, 5.41) is 19.5. The van der Waals surface area contributed by atoms with Crippen LogP contribution in [0.1, 0.15) is 12.8 Å². The lowest BCUT2D eigenvalue weighted by atomic mass is 10.1. The van der Waals surface area contributed by atoms with Gasteiger partial charge in [0.1, 0.15) is 5.75 Å². The predicted molar refractivity (Wildman–Crippen MR) is 73.0 cm³/mol. The van der Waals surface area contributed by atoms with Gasteiger partial charge in [0, 0.05) is 18.2 Å². The van der Waals surface area contributed by atoms with Gasteiger partial charge in [-0.1, -0.05) is 6.07 Å². The molecule has 1 amide bonds. The van der Waals surface area contributed by atoms with Crippen LogP contribution in [0, 0.1) is 0 Å².